The fraction of sp³-hybridized carbons (Fsp3) is 0.500. The number of nitrogens with one attached hydrogen (secondary N) is 2. The van der Waals surface area contributed by atoms with Crippen molar-refractivity contribution in [1.82, 2.24) is 15.5 Å². The van der Waals surface area contributed by atoms with Gasteiger partial charge in [-0.3, -0.25) is 4.79 Å². The summed E-state index contributed by atoms with van der Waals surface area (Å²) in [6.45, 7) is 4.99. The predicted molar refractivity (Wildman–Crippen MR) is 133 cm³/mol. The topological polar surface area (TPSA) is 78.5 Å². The molecule has 2 atom stereocenters. The van der Waals surface area contributed by atoms with E-state index in [-0.39, 0.29) is 22.8 Å². The first-order valence-corrected chi connectivity index (χ1v) is 13.8. The fourth-order valence-electron chi connectivity index (χ4n) is 4.60. The van der Waals surface area contributed by atoms with E-state index in [0.717, 1.165) is 44.5 Å². The third-order valence-electron chi connectivity index (χ3n) is 6.65. The van der Waals surface area contributed by atoms with Gasteiger partial charge in [-0.15, -0.1) is 0 Å². The lowest BCUT2D eigenvalue weighted by Gasteiger charge is -2.34. The third-order valence-corrected chi connectivity index (χ3v) is 7.78. The van der Waals surface area contributed by atoms with E-state index in [1.54, 1.807) is 24.3 Å². The van der Waals surface area contributed by atoms with Gasteiger partial charge in [0.25, 0.3) is 0 Å². The molecule has 33 heavy (non-hydrogen) atoms. The van der Waals surface area contributed by atoms with Crippen LogP contribution < -0.4 is 10.6 Å². The summed E-state index contributed by atoms with van der Waals surface area (Å²) in [6.07, 6.45) is 4.82. The molecular weight excluding hydrogens is 434 g/mol. The second-order valence-electron chi connectivity index (χ2n) is 8.97. The van der Waals surface area contributed by atoms with Gasteiger partial charge < -0.3 is 15.5 Å². The molecule has 180 valence electrons. The summed E-state index contributed by atoms with van der Waals surface area (Å²) in [6, 6.07) is 17.8. The Labute approximate surface area is 198 Å². The molecular formula is C26H37N3O3S. The summed E-state index contributed by atoms with van der Waals surface area (Å²) in [5, 5.41) is 6.66. The lowest BCUT2D eigenvalue weighted by Crippen LogP contribution is -2.46. The molecule has 1 amide bonds. The quantitative estimate of drug-likeness (QED) is 0.554. The lowest BCUT2D eigenvalue weighted by atomic mass is 9.94. The number of hydrogen-bond acceptors (Lipinski definition) is 5. The van der Waals surface area contributed by atoms with E-state index in [9.17, 15) is 13.2 Å². The highest BCUT2D eigenvalue weighted by atomic mass is 32.2. The van der Waals surface area contributed by atoms with Gasteiger partial charge >= 0.3 is 0 Å². The number of amides is 1. The first-order valence-electron chi connectivity index (χ1n) is 11.9. The van der Waals surface area contributed by atoms with Gasteiger partial charge in [0.15, 0.2) is 9.84 Å². The standard InChI is InChI=1S/C26H37N3O3S/c1-4-24(20-10-12-23(13-11-20)33(3,31)32)26(30)28-22-14-17-29(18-15-22)19-16-25(27-2)21-8-6-5-7-9-21/h5-13,22,24-25,27H,4,14-19H2,1-3H3,(H,28,30). The van der Waals surface area contributed by atoms with Crippen LogP contribution in [-0.2, 0) is 14.6 Å². The molecule has 1 saturated heterocycles. The maximum Gasteiger partial charge on any atom is 0.227 e. The lowest BCUT2D eigenvalue weighted by molar-refractivity contribution is -0.123. The Hall–Kier alpha value is -2.22. The maximum atomic E-state index is 13.0. The minimum absolute atomic E-state index is 0.0300. The summed E-state index contributed by atoms with van der Waals surface area (Å²) >= 11 is 0. The summed E-state index contributed by atoms with van der Waals surface area (Å²) in [7, 11) is -1.23. The molecule has 2 N–H and O–H groups in total. The van der Waals surface area contributed by atoms with Crippen LogP contribution in [0.1, 0.15) is 55.7 Å². The van der Waals surface area contributed by atoms with E-state index >= 15 is 0 Å². The predicted octanol–water partition coefficient (Wildman–Crippen LogP) is 3.52. The summed E-state index contributed by atoms with van der Waals surface area (Å²) < 4.78 is 23.4. The van der Waals surface area contributed by atoms with Crippen LogP contribution in [0.5, 0.6) is 0 Å². The maximum absolute atomic E-state index is 13.0. The zero-order valence-electron chi connectivity index (χ0n) is 20.0. The molecule has 0 radical (unpaired) electrons. The van der Waals surface area contributed by atoms with Gasteiger partial charge in [-0.25, -0.2) is 8.42 Å². The van der Waals surface area contributed by atoms with Crippen LogP contribution in [0.2, 0.25) is 0 Å². The molecule has 2 aromatic rings. The van der Waals surface area contributed by atoms with Crippen LogP contribution in [-0.4, -0.2) is 58.2 Å². The van der Waals surface area contributed by atoms with E-state index in [1.807, 2.05) is 20.0 Å². The van der Waals surface area contributed by atoms with Crippen molar-refractivity contribution in [2.75, 3.05) is 32.9 Å². The van der Waals surface area contributed by atoms with Crippen LogP contribution >= 0.6 is 0 Å². The molecule has 1 fully saturated rings. The number of nitrogens with zero attached hydrogens (tertiary/aromatic N) is 1. The highest BCUT2D eigenvalue weighted by Gasteiger charge is 2.25. The second kappa shape index (κ2) is 11.8. The van der Waals surface area contributed by atoms with Gasteiger partial charge in [-0.2, -0.15) is 0 Å². The highest BCUT2D eigenvalue weighted by Crippen LogP contribution is 2.23. The van der Waals surface area contributed by atoms with Crippen molar-refractivity contribution in [2.45, 2.75) is 55.5 Å². The average Bonchev–Trinajstić information content (AvgIpc) is 2.81. The van der Waals surface area contributed by atoms with Crippen molar-refractivity contribution in [2.24, 2.45) is 0 Å². The van der Waals surface area contributed by atoms with Crippen molar-refractivity contribution in [1.29, 1.82) is 0 Å². The Kier molecular flexibility index (Phi) is 9.06. The zero-order valence-corrected chi connectivity index (χ0v) is 20.8. The fourth-order valence-corrected chi connectivity index (χ4v) is 5.23. The molecule has 0 aliphatic carbocycles. The third kappa shape index (κ3) is 7.13. The number of benzene rings is 2. The van der Waals surface area contributed by atoms with Gasteiger partial charge in [-0.1, -0.05) is 49.4 Å². The first kappa shape index (κ1) is 25.4. The molecule has 3 rings (SSSR count). The van der Waals surface area contributed by atoms with Crippen molar-refractivity contribution < 1.29 is 13.2 Å². The highest BCUT2D eigenvalue weighted by molar-refractivity contribution is 7.90. The second-order valence-corrected chi connectivity index (χ2v) is 11.0. The van der Waals surface area contributed by atoms with Gasteiger partial charge in [0, 0.05) is 31.4 Å². The van der Waals surface area contributed by atoms with Crippen molar-refractivity contribution in [3.63, 3.8) is 0 Å². The summed E-state index contributed by atoms with van der Waals surface area (Å²) in [4.78, 5) is 15.7. The average molecular weight is 472 g/mol. The van der Waals surface area contributed by atoms with Crippen molar-refractivity contribution in [3.8, 4) is 0 Å². The van der Waals surface area contributed by atoms with Crippen LogP contribution in [0.15, 0.2) is 59.5 Å². The first-order chi connectivity index (χ1) is 15.8. The van der Waals surface area contributed by atoms with E-state index in [1.165, 1.54) is 11.8 Å². The van der Waals surface area contributed by atoms with Gasteiger partial charge in [-0.05, 0) is 62.5 Å². The van der Waals surface area contributed by atoms with Crippen LogP contribution in [0, 0.1) is 0 Å². The molecule has 2 unspecified atom stereocenters. The van der Waals surface area contributed by atoms with Gasteiger partial charge in [0.2, 0.25) is 5.91 Å². The number of carbonyl (C=O) groups excluding carboxylic acids is 1. The number of piperidine rings is 1. The molecule has 0 aromatic heterocycles. The number of likely N-dealkylation sites (tertiary alicyclic amines) is 1. The molecule has 6 nitrogen and oxygen atoms in total. The molecule has 1 aliphatic heterocycles. The zero-order chi connectivity index (χ0) is 23.8. The Morgan fingerprint density at radius 3 is 2.21 bits per heavy atom. The van der Waals surface area contributed by atoms with E-state index in [4.69, 9.17) is 0 Å². The molecule has 1 aliphatic rings. The number of hydrogen-bond donors (Lipinski definition) is 2. The Morgan fingerprint density at radius 1 is 1.03 bits per heavy atom. The van der Waals surface area contributed by atoms with Crippen molar-refractivity contribution in [3.05, 3.63) is 65.7 Å². The van der Waals surface area contributed by atoms with Crippen LogP contribution in [0.25, 0.3) is 0 Å². The monoisotopic (exact) mass is 471 g/mol. The van der Waals surface area contributed by atoms with Crippen LogP contribution in [0.4, 0.5) is 0 Å². The van der Waals surface area contributed by atoms with Gasteiger partial charge in [0.05, 0.1) is 10.8 Å². The molecule has 1 heterocycles. The Balaban J connectivity index is 1.48. The molecule has 2 aromatic carbocycles. The minimum Gasteiger partial charge on any atom is -0.353 e. The van der Waals surface area contributed by atoms with Gasteiger partial charge in [0.1, 0.15) is 0 Å². The largest absolute Gasteiger partial charge is 0.353 e. The van der Waals surface area contributed by atoms with E-state index in [0.29, 0.717) is 12.5 Å². The SMILES string of the molecule is CCC(C(=O)NC1CCN(CCC(NC)c2ccccc2)CC1)c1ccc(S(C)(=O)=O)cc1. The number of rotatable bonds is 10. The van der Waals surface area contributed by atoms with E-state index < -0.39 is 9.84 Å². The summed E-state index contributed by atoms with van der Waals surface area (Å²) in [5.41, 5.74) is 2.18. The Bertz CT molecular complexity index is 985. The summed E-state index contributed by atoms with van der Waals surface area (Å²) in [5.74, 6) is -0.235. The van der Waals surface area contributed by atoms with E-state index in [2.05, 4.69) is 39.8 Å². The minimum atomic E-state index is -3.24. The van der Waals surface area contributed by atoms with Crippen molar-refractivity contribution >= 4 is 15.7 Å². The molecule has 0 bridgehead atoms. The molecule has 0 spiro atoms. The number of sulfone groups is 1. The Morgan fingerprint density at radius 2 is 1.67 bits per heavy atom. The number of carbonyl (C=O) groups is 1. The smallest absolute Gasteiger partial charge is 0.227 e. The van der Waals surface area contributed by atoms with Crippen LogP contribution in [0.3, 0.4) is 0 Å². The molecule has 0 saturated carbocycles. The molecule has 7 heteroatoms. The normalized spacial score (nSPS) is 17.4.